The summed E-state index contributed by atoms with van der Waals surface area (Å²) in [7, 11) is 3.91. The molecule has 0 N–H and O–H groups in total. The second-order valence-corrected chi connectivity index (χ2v) is 5.75. The van der Waals surface area contributed by atoms with Crippen LogP contribution >= 0.6 is 0 Å². The average molecular weight is 286 g/mol. The van der Waals surface area contributed by atoms with Gasteiger partial charge in [-0.2, -0.15) is 4.99 Å². The van der Waals surface area contributed by atoms with Gasteiger partial charge in [0, 0.05) is 14.1 Å². The second-order valence-electron chi connectivity index (χ2n) is 5.75. The number of hydrogen-bond donors (Lipinski definition) is 0. The zero-order chi connectivity index (χ0) is 14.8. The van der Waals surface area contributed by atoms with Gasteiger partial charge in [-0.25, -0.2) is 0 Å². The number of carbonyl (C=O) groups excluding carboxylic acids is 1. The smallest absolute Gasteiger partial charge is 0.263 e. The number of likely N-dealkylation sites (tertiary alicyclic amines) is 1. The van der Waals surface area contributed by atoms with Gasteiger partial charge in [-0.15, -0.1) is 0 Å². The van der Waals surface area contributed by atoms with Crippen molar-refractivity contribution in [2.24, 2.45) is 19.1 Å². The lowest BCUT2D eigenvalue weighted by molar-refractivity contribution is -0.119. The summed E-state index contributed by atoms with van der Waals surface area (Å²) in [5, 5.41) is 0. The van der Waals surface area contributed by atoms with E-state index in [9.17, 15) is 4.79 Å². The Bertz CT molecular complexity index is 677. The molecule has 112 valence electrons. The first kappa shape index (κ1) is 14.1. The number of aryl methyl sites for hydroxylation is 2. The van der Waals surface area contributed by atoms with Gasteiger partial charge in [0.2, 0.25) is 5.62 Å². The largest absolute Gasteiger partial charge is 0.313 e. The van der Waals surface area contributed by atoms with Gasteiger partial charge in [-0.3, -0.25) is 9.69 Å². The topological polar surface area (TPSA) is 42.5 Å². The maximum atomic E-state index is 12.2. The molecule has 0 atom stereocenters. The minimum Gasteiger partial charge on any atom is -0.313 e. The first-order valence-electron chi connectivity index (χ1n) is 7.57. The van der Waals surface area contributed by atoms with E-state index in [0.29, 0.717) is 12.2 Å². The van der Waals surface area contributed by atoms with E-state index in [4.69, 9.17) is 0 Å². The van der Waals surface area contributed by atoms with Crippen molar-refractivity contribution in [3.05, 3.63) is 29.9 Å². The van der Waals surface area contributed by atoms with E-state index in [2.05, 4.69) is 9.89 Å². The zero-order valence-electron chi connectivity index (χ0n) is 12.7. The Morgan fingerprint density at radius 3 is 2.19 bits per heavy atom. The highest BCUT2D eigenvalue weighted by Gasteiger charge is 2.14. The van der Waals surface area contributed by atoms with Gasteiger partial charge in [0.15, 0.2) is 0 Å². The van der Waals surface area contributed by atoms with Crippen LogP contribution < -0.4 is 5.62 Å². The first-order valence-corrected chi connectivity index (χ1v) is 7.57. The van der Waals surface area contributed by atoms with E-state index in [0.717, 1.165) is 24.1 Å². The highest BCUT2D eigenvalue weighted by atomic mass is 16.1. The highest BCUT2D eigenvalue weighted by molar-refractivity contribution is 5.80. The van der Waals surface area contributed by atoms with Crippen LogP contribution in [0.25, 0.3) is 11.0 Å². The van der Waals surface area contributed by atoms with Gasteiger partial charge in [-0.1, -0.05) is 18.6 Å². The van der Waals surface area contributed by atoms with Crippen molar-refractivity contribution in [1.29, 1.82) is 0 Å². The number of carbonyl (C=O) groups is 1. The van der Waals surface area contributed by atoms with E-state index in [1.807, 2.05) is 47.5 Å². The van der Waals surface area contributed by atoms with E-state index < -0.39 is 0 Å². The number of aromatic nitrogens is 2. The second kappa shape index (κ2) is 5.85. The van der Waals surface area contributed by atoms with Crippen LogP contribution in [0.3, 0.4) is 0 Å². The van der Waals surface area contributed by atoms with Crippen molar-refractivity contribution in [1.82, 2.24) is 14.0 Å². The molecule has 5 nitrogen and oxygen atoms in total. The molecule has 0 saturated carbocycles. The fourth-order valence-electron chi connectivity index (χ4n) is 3.08. The fraction of sp³-hybridized carbons (Fsp3) is 0.500. The molecule has 1 aliphatic heterocycles. The minimum atomic E-state index is -0.0570. The maximum Gasteiger partial charge on any atom is 0.263 e. The Morgan fingerprint density at radius 1 is 1.05 bits per heavy atom. The molecule has 0 unspecified atom stereocenters. The molecule has 1 saturated heterocycles. The summed E-state index contributed by atoms with van der Waals surface area (Å²) < 4.78 is 3.95. The van der Waals surface area contributed by atoms with Crippen molar-refractivity contribution in [2.75, 3.05) is 19.6 Å². The molecule has 1 amide bonds. The average Bonchev–Trinajstić information content (AvgIpc) is 2.74. The molecule has 0 aliphatic carbocycles. The van der Waals surface area contributed by atoms with E-state index >= 15 is 0 Å². The van der Waals surface area contributed by atoms with E-state index in [1.165, 1.54) is 19.3 Å². The number of hydrogen-bond acceptors (Lipinski definition) is 2. The van der Waals surface area contributed by atoms with Gasteiger partial charge < -0.3 is 9.13 Å². The Balaban J connectivity index is 1.90. The third-order valence-corrected chi connectivity index (χ3v) is 4.24. The normalized spacial score (nSPS) is 16.3. The number of imidazole rings is 1. The molecule has 0 spiro atoms. The number of para-hydroxylation sites is 2. The van der Waals surface area contributed by atoms with Crippen molar-refractivity contribution in [3.63, 3.8) is 0 Å². The number of rotatable bonds is 2. The monoisotopic (exact) mass is 286 g/mol. The van der Waals surface area contributed by atoms with Crippen molar-refractivity contribution in [2.45, 2.75) is 19.3 Å². The SMILES string of the molecule is Cn1c(=NC(=O)CN2CCCCC2)n(C)c2ccccc21. The number of amides is 1. The zero-order valence-corrected chi connectivity index (χ0v) is 12.7. The Labute approximate surface area is 124 Å². The van der Waals surface area contributed by atoms with Crippen LogP contribution in [0.2, 0.25) is 0 Å². The minimum absolute atomic E-state index is 0.0570. The van der Waals surface area contributed by atoms with Gasteiger partial charge in [0.25, 0.3) is 5.91 Å². The molecule has 1 aromatic heterocycles. The van der Waals surface area contributed by atoms with Crippen LogP contribution in [0.4, 0.5) is 0 Å². The Morgan fingerprint density at radius 2 is 1.62 bits per heavy atom. The van der Waals surface area contributed by atoms with Crippen molar-refractivity contribution in [3.8, 4) is 0 Å². The molecule has 0 bridgehead atoms. The lowest BCUT2D eigenvalue weighted by atomic mass is 10.1. The number of benzene rings is 1. The van der Waals surface area contributed by atoms with Crippen molar-refractivity contribution < 1.29 is 4.79 Å². The van der Waals surface area contributed by atoms with Crippen LogP contribution in [0.5, 0.6) is 0 Å². The van der Waals surface area contributed by atoms with Gasteiger partial charge in [-0.05, 0) is 38.1 Å². The lowest BCUT2D eigenvalue weighted by Crippen LogP contribution is -2.35. The third kappa shape index (κ3) is 2.78. The molecular weight excluding hydrogens is 264 g/mol. The summed E-state index contributed by atoms with van der Waals surface area (Å²) in [5.41, 5.74) is 2.88. The van der Waals surface area contributed by atoms with Crippen LogP contribution in [0.15, 0.2) is 29.3 Å². The van der Waals surface area contributed by atoms with Gasteiger partial charge in [0.05, 0.1) is 17.6 Å². The summed E-state index contributed by atoms with van der Waals surface area (Å²) in [5.74, 6) is -0.0570. The molecule has 1 aromatic carbocycles. The molecule has 2 aromatic rings. The molecule has 2 heterocycles. The van der Waals surface area contributed by atoms with Crippen molar-refractivity contribution >= 4 is 16.9 Å². The first-order chi connectivity index (χ1) is 10.2. The number of fused-ring (bicyclic) bond motifs is 1. The summed E-state index contributed by atoms with van der Waals surface area (Å²) >= 11 is 0. The predicted molar refractivity (Wildman–Crippen MR) is 82.8 cm³/mol. The van der Waals surface area contributed by atoms with E-state index in [1.54, 1.807) is 0 Å². The Kier molecular flexibility index (Phi) is 3.92. The van der Waals surface area contributed by atoms with Gasteiger partial charge >= 0.3 is 0 Å². The molecule has 3 rings (SSSR count). The molecular formula is C16H22N4O. The maximum absolute atomic E-state index is 12.2. The van der Waals surface area contributed by atoms with E-state index in [-0.39, 0.29) is 5.91 Å². The molecule has 5 heteroatoms. The standard InChI is InChI=1S/C16H22N4O/c1-18-13-8-4-5-9-14(13)19(2)16(18)17-15(21)12-20-10-6-3-7-11-20/h4-5,8-9H,3,6-7,10-12H2,1-2H3. The lowest BCUT2D eigenvalue weighted by Gasteiger charge is -2.24. The predicted octanol–water partition coefficient (Wildman–Crippen LogP) is 1.43. The third-order valence-electron chi connectivity index (χ3n) is 4.24. The number of nitrogens with zero attached hydrogens (tertiary/aromatic N) is 4. The summed E-state index contributed by atoms with van der Waals surface area (Å²) in [6.45, 7) is 2.46. The fourth-order valence-corrected chi connectivity index (χ4v) is 3.08. The molecule has 21 heavy (non-hydrogen) atoms. The Hall–Kier alpha value is -1.88. The molecule has 0 radical (unpaired) electrons. The number of piperidine rings is 1. The quantitative estimate of drug-likeness (QED) is 0.838. The summed E-state index contributed by atoms with van der Waals surface area (Å²) in [4.78, 5) is 18.8. The summed E-state index contributed by atoms with van der Waals surface area (Å²) in [6.07, 6.45) is 3.66. The summed E-state index contributed by atoms with van der Waals surface area (Å²) in [6, 6.07) is 8.09. The molecule has 1 fully saturated rings. The highest BCUT2D eigenvalue weighted by Crippen LogP contribution is 2.10. The van der Waals surface area contributed by atoms with Crippen LogP contribution in [0, 0.1) is 0 Å². The molecule has 1 aliphatic rings. The van der Waals surface area contributed by atoms with Crippen LogP contribution in [-0.2, 0) is 18.9 Å². The van der Waals surface area contributed by atoms with Crippen LogP contribution in [0.1, 0.15) is 19.3 Å². The van der Waals surface area contributed by atoms with Gasteiger partial charge in [0.1, 0.15) is 0 Å². The van der Waals surface area contributed by atoms with Crippen LogP contribution in [-0.4, -0.2) is 39.6 Å².